The number of nitrogen functional groups attached to an aromatic ring is 1. The fraction of sp³-hybridized carbons (Fsp3) is 0.385. The predicted octanol–water partition coefficient (Wildman–Crippen LogP) is 1.31. The molecule has 2 N–H and O–H groups in total. The molecule has 1 rings (SSSR count). The van der Waals surface area contributed by atoms with Gasteiger partial charge in [0.25, 0.3) is 0 Å². The average Bonchev–Trinajstić information content (AvgIpc) is 2.35. The van der Waals surface area contributed by atoms with Gasteiger partial charge in [-0.1, -0.05) is 5.92 Å². The molecule has 0 aliphatic rings. The molecular weight excluding hydrogens is 218 g/mol. The standard InChI is InChI=1S/C13H17NO3/c1-2-7-15-8-9-16-10-11-17-13-5-3-12(14)4-6-13/h1,3-6H,7-11,14H2. The third-order valence-corrected chi connectivity index (χ3v) is 1.93. The lowest BCUT2D eigenvalue weighted by atomic mass is 10.3. The maximum absolute atomic E-state index is 5.55. The van der Waals surface area contributed by atoms with Crippen molar-refractivity contribution in [2.45, 2.75) is 0 Å². The van der Waals surface area contributed by atoms with Crippen LogP contribution in [0.25, 0.3) is 0 Å². The Labute approximate surface area is 102 Å². The highest BCUT2D eigenvalue weighted by atomic mass is 16.5. The summed E-state index contributed by atoms with van der Waals surface area (Å²) in [4.78, 5) is 0. The molecule has 17 heavy (non-hydrogen) atoms. The van der Waals surface area contributed by atoms with Crippen LogP contribution < -0.4 is 10.5 Å². The number of anilines is 1. The van der Waals surface area contributed by atoms with E-state index in [2.05, 4.69) is 5.92 Å². The monoisotopic (exact) mass is 235 g/mol. The number of benzene rings is 1. The van der Waals surface area contributed by atoms with Crippen molar-refractivity contribution in [3.05, 3.63) is 24.3 Å². The Morgan fingerprint density at radius 3 is 2.35 bits per heavy atom. The topological polar surface area (TPSA) is 53.7 Å². The van der Waals surface area contributed by atoms with Crippen LogP contribution in [-0.4, -0.2) is 33.0 Å². The lowest BCUT2D eigenvalue weighted by Crippen LogP contribution is -2.10. The van der Waals surface area contributed by atoms with Crippen LogP contribution in [0.15, 0.2) is 24.3 Å². The minimum atomic E-state index is 0.325. The molecule has 4 nitrogen and oxygen atoms in total. The van der Waals surface area contributed by atoms with Gasteiger partial charge in [-0.15, -0.1) is 6.42 Å². The van der Waals surface area contributed by atoms with Crippen molar-refractivity contribution in [1.29, 1.82) is 0 Å². The molecule has 0 aliphatic carbocycles. The summed E-state index contributed by atoms with van der Waals surface area (Å²) in [6.45, 7) is 2.37. The van der Waals surface area contributed by atoms with Gasteiger partial charge in [-0.05, 0) is 24.3 Å². The van der Waals surface area contributed by atoms with E-state index in [1.807, 2.05) is 12.1 Å². The molecule has 0 aromatic heterocycles. The van der Waals surface area contributed by atoms with Crippen molar-refractivity contribution in [3.63, 3.8) is 0 Å². The SMILES string of the molecule is C#CCOCCOCCOc1ccc(N)cc1. The molecule has 0 saturated heterocycles. The first-order chi connectivity index (χ1) is 8.33. The van der Waals surface area contributed by atoms with Gasteiger partial charge in [0.1, 0.15) is 19.0 Å². The van der Waals surface area contributed by atoms with E-state index in [4.69, 9.17) is 26.4 Å². The first-order valence-corrected chi connectivity index (χ1v) is 5.40. The molecule has 0 fully saturated rings. The van der Waals surface area contributed by atoms with E-state index in [1.54, 1.807) is 12.1 Å². The highest BCUT2D eigenvalue weighted by molar-refractivity contribution is 5.41. The molecule has 0 radical (unpaired) electrons. The van der Waals surface area contributed by atoms with E-state index in [9.17, 15) is 0 Å². The van der Waals surface area contributed by atoms with Gasteiger partial charge in [-0.2, -0.15) is 0 Å². The molecule has 0 saturated carbocycles. The number of hydrogen-bond donors (Lipinski definition) is 1. The molecule has 1 aromatic carbocycles. The highest BCUT2D eigenvalue weighted by Gasteiger charge is 1.93. The molecule has 0 bridgehead atoms. The Balaban J connectivity index is 1.97. The summed E-state index contributed by atoms with van der Waals surface area (Å²) in [6.07, 6.45) is 5.02. The second-order valence-corrected chi connectivity index (χ2v) is 3.29. The summed E-state index contributed by atoms with van der Waals surface area (Å²) in [5.74, 6) is 3.17. The molecule has 4 heteroatoms. The van der Waals surface area contributed by atoms with Gasteiger partial charge >= 0.3 is 0 Å². The Morgan fingerprint density at radius 1 is 1.00 bits per heavy atom. The molecule has 0 heterocycles. The van der Waals surface area contributed by atoms with Gasteiger partial charge < -0.3 is 19.9 Å². The van der Waals surface area contributed by atoms with Crippen LogP contribution in [0.3, 0.4) is 0 Å². The number of rotatable bonds is 8. The molecule has 92 valence electrons. The summed E-state index contributed by atoms with van der Waals surface area (Å²) >= 11 is 0. The van der Waals surface area contributed by atoms with E-state index >= 15 is 0 Å². The zero-order chi connectivity index (χ0) is 12.3. The van der Waals surface area contributed by atoms with Gasteiger partial charge in [0.2, 0.25) is 0 Å². The van der Waals surface area contributed by atoms with E-state index in [0.29, 0.717) is 33.0 Å². The number of ether oxygens (including phenoxy) is 3. The summed E-state index contributed by atoms with van der Waals surface area (Å²) in [5.41, 5.74) is 6.27. The number of nitrogens with two attached hydrogens (primary N) is 1. The minimum absolute atomic E-state index is 0.325. The van der Waals surface area contributed by atoms with E-state index in [0.717, 1.165) is 11.4 Å². The van der Waals surface area contributed by atoms with Gasteiger partial charge in [0, 0.05) is 5.69 Å². The Hall–Kier alpha value is -1.70. The minimum Gasteiger partial charge on any atom is -0.491 e. The van der Waals surface area contributed by atoms with E-state index < -0.39 is 0 Å². The summed E-state index contributed by atoms with van der Waals surface area (Å²) in [5, 5.41) is 0. The van der Waals surface area contributed by atoms with Crippen LogP contribution in [0.4, 0.5) is 5.69 Å². The normalized spacial score (nSPS) is 9.82. The first kappa shape index (κ1) is 13.4. The summed E-state index contributed by atoms with van der Waals surface area (Å²) in [6, 6.07) is 7.24. The van der Waals surface area contributed by atoms with Crippen LogP contribution in [0, 0.1) is 12.3 Å². The Morgan fingerprint density at radius 2 is 1.65 bits per heavy atom. The lowest BCUT2D eigenvalue weighted by molar-refractivity contribution is 0.0462. The predicted molar refractivity (Wildman–Crippen MR) is 66.8 cm³/mol. The van der Waals surface area contributed by atoms with Crippen molar-refractivity contribution >= 4 is 5.69 Å². The van der Waals surface area contributed by atoms with Crippen LogP contribution >= 0.6 is 0 Å². The van der Waals surface area contributed by atoms with Gasteiger partial charge in [-0.25, -0.2) is 0 Å². The van der Waals surface area contributed by atoms with Gasteiger partial charge in [0.15, 0.2) is 0 Å². The highest BCUT2D eigenvalue weighted by Crippen LogP contribution is 2.12. The molecule has 0 aliphatic heterocycles. The number of hydrogen-bond acceptors (Lipinski definition) is 4. The maximum atomic E-state index is 5.55. The maximum Gasteiger partial charge on any atom is 0.119 e. The molecular formula is C13H17NO3. The van der Waals surface area contributed by atoms with Crippen molar-refractivity contribution in [1.82, 2.24) is 0 Å². The summed E-state index contributed by atoms with van der Waals surface area (Å²) < 4.78 is 15.8. The van der Waals surface area contributed by atoms with Gasteiger partial charge in [-0.3, -0.25) is 0 Å². The second-order valence-electron chi connectivity index (χ2n) is 3.29. The zero-order valence-corrected chi connectivity index (χ0v) is 9.72. The van der Waals surface area contributed by atoms with E-state index in [-0.39, 0.29) is 0 Å². The molecule has 0 amide bonds. The van der Waals surface area contributed by atoms with E-state index in [1.165, 1.54) is 0 Å². The summed E-state index contributed by atoms with van der Waals surface area (Å²) in [7, 11) is 0. The van der Waals surface area contributed by atoms with Crippen molar-refractivity contribution in [2.75, 3.05) is 38.8 Å². The van der Waals surface area contributed by atoms with Crippen LogP contribution in [0.2, 0.25) is 0 Å². The average molecular weight is 235 g/mol. The lowest BCUT2D eigenvalue weighted by Gasteiger charge is -2.07. The van der Waals surface area contributed by atoms with Crippen LogP contribution in [0.1, 0.15) is 0 Å². The molecule has 0 unspecified atom stereocenters. The fourth-order valence-corrected chi connectivity index (χ4v) is 1.13. The third-order valence-electron chi connectivity index (χ3n) is 1.93. The second kappa shape index (κ2) is 8.45. The van der Waals surface area contributed by atoms with Crippen molar-refractivity contribution < 1.29 is 14.2 Å². The first-order valence-electron chi connectivity index (χ1n) is 5.40. The van der Waals surface area contributed by atoms with Crippen LogP contribution in [0.5, 0.6) is 5.75 Å². The quantitative estimate of drug-likeness (QED) is 0.419. The smallest absolute Gasteiger partial charge is 0.119 e. The van der Waals surface area contributed by atoms with Gasteiger partial charge in [0.05, 0.1) is 19.8 Å². The van der Waals surface area contributed by atoms with Crippen molar-refractivity contribution in [2.24, 2.45) is 0 Å². The Kier molecular flexibility index (Phi) is 6.64. The molecule has 0 atom stereocenters. The van der Waals surface area contributed by atoms with Crippen LogP contribution in [-0.2, 0) is 9.47 Å². The number of terminal acetylenes is 1. The third kappa shape index (κ3) is 6.46. The molecule has 0 spiro atoms. The largest absolute Gasteiger partial charge is 0.491 e. The molecule has 1 aromatic rings. The fourth-order valence-electron chi connectivity index (χ4n) is 1.13. The Bertz CT molecular complexity index is 343. The zero-order valence-electron chi connectivity index (χ0n) is 9.72. The van der Waals surface area contributed by atoms with Crippen molar-refractivity contribution in [3.8, 4) is 18.1 Å².